The highest BCUT2D eigenvalue weighted by molar-refractivity contribution is 6.35. The Bertz CT molecular complexity index is 1010. The van der Waals surface area contributed by atoms with Crippen LogP contribution in [0.5, 0.6) is 5.75 Å². The largest absolute Gasteiger partial charge is 0.457 e. The molecule has 0 aliphatic carbocycles. The number of carbonyl (C=O) groups is 3. The topological polar surface area (TPSA) is 110 Å². The summed E-state index contributed by atoms with van der Waals surface area (Å²) in [4.78, 5) is 35.4. The third kappa shape index (κ3) is 5.90. The lowest BCUT2D eigenvalue weighted by atomic mass is 10.2. The Balaban J connectivity index is 1.50. The summed E-state index contributed by atoms with van der Waals surface area (Å²) in [6.45, 7) is 0.236. The number of rotatable bonds is 6. The van der Waals surface area contributed by atoms with Crippen molar-refractivity contribution in [3.05, 3.63) is 89.9 Å². The van der Waals surface area contributed by atoms with Gasteiger partial charge in [0, 0.05) is 6.54 Å². The van der Waals surface area contributed by atoms with Crippen molar-refractivity contribution in [2.45, 2.75) is 6.54 Å². The van der Waals surface area contributed by atoms with Gasteiger partial charge in [-0.2, -0.15) is 5.10 Å². The first-order chi connectivity index (χ1) is 14.1. The number of hydrogen-bond donors (Lipinski definition) is 2. The summed E-state index contributed by atoms with van der Waals surface area (Å²) in [5.41, 5.74) is 3.57. The molecule has 0 bridgehead atoms. The molecule has 3 aromatic rings. The number of esters is 1. The second-order valence-electron chi connectivity index (χ2n) is 5.81. The quantitative estimate of drug-likeness (QED) is 0.220. The first-order valence-electron chi connectivity index (χ1n) is 8.63. The molecule has 0 radical (unpaired) electrons. The third-order valence-electron chi connectivity index (χ3n) is 3.67. The monoisotopic (exact) mass is 391 g/mol. The molecule has 29 heavy (non-hydrogen) atoms. The minimum Gasteiger partial charge on any atom is -0.457 e. The molecule has 0 fully saturated rings. The number of hydrazone groups is 1. The van der Waals surface area contributed by atoms with Crippen LogP contribution in [0.2, 0.25) is 0 Å². The van der Waals surface area contributed by atoms with Gasteiger partial charge in [0.05, 0.1) is 12.5 Å². The molecule has 0 spiro atoms. The zero-order chi connectivity index (χ0) is 20.5. The average molecular weight is 391 g/mol. The van der Waals surface area contributed by atoms with Gasteiger partial charge in [0.1, 0.15) is 5.75 Å². The van der Waals surface area contributed by atoms with Crippen LogP contribution in [-0.2, 0) is 16.1 Å². The van der Waals surface area contributed by atoms with Gasteiger partial charge in [-0.1, -0.05) is 42.5 Å². The molecule has 8 heteroatoms. The lowest BCUT2D eigenvalue weighted by Crippen LogP contribution is -2.37. The van der Waals surface area contributed by atoms with E-state index < -0.39 is 17.8 Å². The molecular formula is C21H17N3O5. The molecule has 8 nitrogen and oxygen atoms in total. The molecule has 1 heterocycles. The lowest BCUT2D eigenvalue weighted by Gasteiger charge is -2.04. The number of nitrogens with zero attached hydrogens (tertiary/aromatic N) is 1. The summed E-state index contributed by atoms with van der Waals surface area (Å²) >= 11 is 0. The van der Waals surface area contributed by atoms with E-state index in [9.17, 15) is 14.4 Å². The van der Waals surface area contributed by atoms with Crippen LogP contribution in [0, 0.1) is 0 Å². The standard InChI is InChI=1S/C21H17N3O5/c25-19(22-13-15-6-2-1-3-7-15)20(26)24-23-14-16-8-4-9-17(12-16)29-21(27)18-10-5-11-28-18/h1-12,14H,13H2,(H,22,25)(H,24,26)/b23-14-. The van der Waals surface area contributed by atoms with Gasteiger partial charge in [-0.3, -0.25) is 9.59 Å². The Labute approximate surface area is 166 Å². The van der Waals surface area contributed by atoms with Crippen LogP contribution in [0.3, 0.4) is 0 Å². The van der Waals surface area contributed by atoms with Gasteiger partial charge < -0.3 is 14.5 Å². The van der Waals surface area contributed by atoms with E-state index in [1.54, 1.807) is 30.3 Å². The van der Waals surface area contributed by atoms with E-state index in [-0.39, 0.29) is 18.1 Å². The number of carbonyl (C=O) groups excluding carboxylic acids is 3. The highest BCUT2D eigenvalue weighted by Crippen LogP contribution is 2.14. The van der Waals surface area contributed by atoms with E-state index >= 15 is 0 Å². The van der Waals surface area contributed by atoms with E-state index in [2.05, 4.69) is 15.8 Å². The fraction of sp³-hybridized carbons (Fsp3) is 0.0476. The van der Waals surface area contributed by atoms with Crippen LogP contribution >= 0.6 is 0 Å². The number of benzene rings is 2. The summed E-state index contributed by atoms with van der Waals surface area (Å²) in [6, 6.07) is 18.8. The fourth-order valence-electron chi connectivity index (χ4n) is 2.29. The first-order valence-corrected chi connectivity index (χ1v) is 8.63. The molecule has 0 saturated carbocycles. The lowest BCUT2D eigenvalue weighted by molar-refractivity contribution is -0.139. The Kier molecular flexibility index (Phi) is 6.51. The number of furan rings is 1. The predicted octanol–water partition coefficient (Wildman–Crippen LogP) is 2.27. The van der Waals surface area contributed by atoms with Crippen molar-refractivity contribution in [2.75, 3.05) is 0 Å². The highest BCUT2D eigenvalue weighted by atomic mass is 16.5. The average Bonchev–Trinajstić information content (AvgIpc) is 3.28. The third-order valence-corrected chi connectivity index (χ3v) is 3.67. The molecule has 0 aliphatic heterocycles. The molecule has 1 aromatic heterocycles. The van der Waals surface area contributed by atoms with Gasteiger partial charge in [0.15, 0.2) is 0 Å². The Morgan fingerprint density at radius 3 is 2.55 bits per heavy atom. The second-order valence-corrected chi connectivity index (χ2v) is 5.81. The normalized spacial score (nSPS) is 10.5. The molecule has 146 valence electrons. The van der Waals surface area contributed by atoms with Gasteiger partial charge in [-0.25, -0.2) is 10.2 Å². The van der Waals surface area contributed by atoms with Crippen LogP contribution < -0.4 is 15.5 Å². The number of amides is 2. The zero-order valence-corrected chi connectivity index (χ0v) is 15.2. The molecular weight excluding hydrogens is 374 g/mol. The van der Waals surface area contributed by atoms with Crippen molar-refractivity contribution >= 4 is 24.0 Å². The highest BCUT2D eigenvalue weighted by Gasteiger charge is 2.12. The van der Waals surface area contributed by atoms with Crippen molar-refractivity contribution in [3.8, 4) is 5.75 Å². The number of ether oxygens (including phenoxy) is 1. The van der Waals surface area contributed by atoms with Gasteiger partial charge >= 0.3 is 17.8 Å². The molecule has 0 saturated heterocycles. The number of nitrogens with one attached hydrogen (secondary N) is 2. The minimum atomic E-state index is -0.891. The van der Waals surface area contributed by atoms with Gasteiger partial charge in [-0.15, -0.1) is 0 Å². The van der Waals surface area contributed by atoms with E-state index in [1.165, 1.54) is 18.5 Å². The summed E-state index contributed by atoms with van der Waals surface area (Å²) in [5, 5.41) is 6.24. The Morgan fingerprint density at radius 2 is 1.79 bits per heavy atom. The van der Waals surface area contributed by atoms with Crippen molar-refractivity contribution in [1.82, 2.24) is 10.7 Å². The minimum absolute atomic E-state index is 0.0813. The predicted molar refractivity (Wildman–Crippen MR) is 104 cm³/mol. The van der Waals surface area contributed by atoms with Crippen LogP contribution in [0.1, 0.15) is 21.7 Å². The van der Waals surface area contributed by atoms with E-state index in [0.29, 0.717) is 5.56 Å². The molecule has 0 aliphatic rings. The van der Waals surface area contributed by atoms with Crippen molar-refractivity contribution < 1.29 is 23.5 Å². The van der Waals surface area contributed by atoms with Crippen LogP contribution in [0.25, 0.3) is 0 Å². The summed E-state index contributed by atoms with van der Waals surface area (Å²) in [5.74, 6) is -1.96. The molecule has 2 N–H and O–H groups in total. The Morgan fingerprint density at radius 1 is 0.966 bits per heavy atom. The van der Waals surface area contributed by atoms with Crippen LogP contribution in [-0.4, -0.2) is 24.0 Å². The maximum absolute atomic E-state index is 11.9. The molecule has 0 unspecified atom stereocenters. The van der Waals surface area contributed by atoms with Crippen LogP contribution in [0.4, 0.5) is 0 Å². The molecule has 2 amide bonds. The fourth-order valence-corrected chi connectivity index (χ4v) is 2.29. The second kappa shape index (κ2) is 9.65. The van der Waals surface area contributed by atoms with Gasteiger partial charge in [0.25, 0.3) is 0 Å². The molecule has 2 aromatic carbocycles. The van der Waals surface area contributed by atoms with Crippen LogP contribution in [0.15, 0.2) is 82.5 Å². The van der Waals surface area contributed by atoms with Gasteiger partial charge in [-0.05, 0) is 35.4 Å². The van der Waals surface area contributed by atoms with Crippen molar-refractivity contribution in [3.63, 3.8) is 0 Å². The maximum Gasteiger partial charge on any atom is 0.379 e. The summed E-state index contributed by atoms with van der Waals surface area (Å²) in [6.07, 6.45) is 2.70. The zero-order valence-electron chi connectivity index (χ0n) is 15.2. The summed E-state index contributed by atoms with van der Waals surface area (Å²) < 4.78 is 10.2. The molecule has 3 rings (SSSR count). The van der Waals surface area contributed by atoms with Crippen molar-refractivity contribution in [2.24, 2.45) is 5.10 Å². The van der Waals surface area contributed by atoms with Crippen molar-refractivity contribution in [1.29, 1.82) is 0 Å². The smallest absolute Gasteiger partial charge is 0.379 e. The number of hydrogen-bond acceptors (Lipinski definition) is 6. The first kappa shape index (κ1) is 19.6. The van der Waals surface area contributed by atoms with Gasteiger partial charge in [0.2, 0.25) is 5.76 Å². The van der Waals surface area contributed by atoms with E-state index in [0.717, 1.165) is 5.56 Å². The van der Waals surface area contributed by atoms with E-state index in [1.807, 2.05) is 30.3 Å². The summed E-state index contributed by atoms with van der Waals surface area (Å²) in [7, 11) is 0. The SMILES string of the molecule is O=C(NCc1ccccc1)C(=O)N/N=C\c1cccc(OC(=O)c2ccco2)c1. The maximum atomic E-state index is 11.9. The Hall–Kier alpha value is -4.20. The van der Waals surface area contributed by atoms with E-state index in [4.69, 9.17) is 9.15 Å². The molecule has 0 atom stereocenters.